The molecular weight excluding hydrogens is 541 g/mol. The van der Waals surface area contributed by atoms with Crippen LogP contribution in [0.25, 0.3) is 0 Å². The predicted octanol–water partition coefficient (Wildman–Crippen LogP) is 7.47. The number of halogens is 2. The summed E-state index contributed by atoms with van der Waals surface area (Å²) in [6.07, 6.45) is 0.928. The maximum atomic E-state index is 12.6. The summed E-state index contributed by atoms with van der Waals surface area (Å²) in [6.45, 7) is 4.21. The van der Waals surface area contributed by atoms with E-state index in [4.69, 9.17) is 27.9 Å². The van der Waals surface area contributed by atoms with Gasteiger partial charge in [0.1, 0.15) is 6.61 Å². The third-order valence-corrected chi connectivity index (χ3v) is 7.35. The van der Waals surface area contributed by atoms with Gasteiger partial charge in [0.25, 0.3) is 0 Å². The highest BCUT2D eigenvalue weighted by Crippen LogP contribution is 2.30. The number of carbonyl (C=O) groups excluding carboxylic acids is 2. The predicted molar refractivity (Wildman–Crippen MR) is 158 cm³/mol. The highest BCUT2D eigenvalue weighted by atomic mass is 35.5. The van der Waals surface area contributed by atoms with Gasteiger partial charge in [-0.3, -0.25) is 9.59 Å². The summed E-state index contributed by atoms with van der Waals surface area (Å²) in [7, 11) is 1.35. The number of hydrogen-bond donors (Lipinski definition) is 0. The Labute approximate surface area is 240 Å². The molecule has 0 spiro atoms. The number of hydrogen-bond acceptors (Lipinski definition) is 5. The first-order chi connectivity index (χ1) is 18.3. The van der Waals surface area contributed by atoms with E-state index in [-0.39, 0.29) is 30.6 Å². The summed E-state index contributed by atoms with van der Waals surface area (Å²) in [6, 6.07) is 27.8. The fourth-order valence-corrected chi connectivity index (χ4v) is 5.17. The first kappa shape index (κ1) is 31.7. The summed E-state index contributed by atoms with van der Waals surface area (Å²) in [5, 5.41) is 1.50. The molecule has 1 fully saturated rings. The zero-order valence-corrected chi connectivity index (χ0v) is 24.3. The van der Waals surface area contributed by atoms with Crippen LogP contribution in [0.15, 0.2) is 84.9 Å². The average molecular weight is 577 g/mol. The Hall–Kier alpha value is -2.51. The first-order valence-electron chi connectivity index (χ1n) is 12.4. The number of methoxy groups -OCH3 is 1. The van der Waals surface area contributed by atoms with Gasteiger partial charge in [0, 0.05) is 34.5 Å². The van der Waals surface area contributed by atoms with Crippen LogP contribution in [-0.4, -0.2) is 48.9 Å². The number of thioether (sulfide) groups is 1. The van der Waals surface area contributed by atoms with Gasteiger partial charge in [-0.2, -0.15) is 11.8 Å². The maximum absolute atomic E-state index is 12.6. The standard InChI is InChI=1S/C21H24ClNO2S.C6H5Cl.C3H6O2/c1-2-19(15-26-14-16-6-4-3-5-7-16)23-20(12-25-13-21(23)24)17-8-10-18(22)11-9-17;7-6-4-2-1-3-5-6;1-3(4)5-2/h3-11,19-20H,2,12-15H2,1H3;1-5H;1-2H3/t19?,20-;;/m0../s1. The fraction of sp³-hybridized carbons (Fsp3) is 0.333. The lowest BCUT2D eigenvalue weighted by atomic mass is 10.0. The number of ether oxygens (including phenoxy) is 2. The minimum Gasteiger partial charge on any atom is -0.469 e. The van der Waals surface area contributed by atoms with Crippen LogP contribution in [0.5, 0.6) is 0 Å². The van der Waals surface area contributed by atoms with Gasteiger partial charge in [0.15, 0.2) is 0 Å². The Bertz CT molecular complexity index is 1080. The second-order valence-corrected chi connectivity index (χ2v) is 10.3. The second kappa shape index (κ2) is 17.9. The Morgan fingerprint density at radius 2 is 1.55 bits per heavy atom. The molecule has 1 aliphatic heterocycles. The van der Waals surface area contributed by atoms with E-state index in [0.717, 1.165) is 28.5 Å². The van der Waals surface area contributed by atoms with Gasteiger partial charge in [-0.15, -0.1) is 0 Å². The van der Waals surface area contributed by atoms with Gasteiger partial charge >= 0.3 is 5.97 Å². The van der Waals surface area contributed by atoms with Crippen molar-refractivity contribution < 1.29 is 19.1 Å². The molecular formula is C30H35Cl2NO4S. The van der Waals surface area contributed by atoms with E-state index in [1.54, 1.807) is 0 Å². The SMILES string of the molecule is CCC(CSCc1ccccc1)N1C(=O)COC[C@H]1c1ccc(Cl)cc1.COC(C)=O.Clc1ccccc1. The molecule has 0 aliphatic carbocycles. The molecule has 1 heterocycles. The molecule has 1 saturated heterocycles. The molecule has 5 nitrogen and oxygen atoms in total. The zero-order chi connectivity index (χ0) is 27.8. The number of rotatable bonds is 7. The van der Waals surface area contributed by atoms with E-state index in [0.29, 0.717) is 11.6 Å². The van der Waals surface area contributed by atoms with Gasteiger partial charge < -0.3 is 14.4 Å². The number of morpholine rings is 1. The second-order valence-electron chi connectivity index (χ2n) is 8.44. The molecule has 3 aromatic rings. The van der Waals surface area contributed by atoms with Crippen LogP contribution in [0, 0.1) is 0 Å². The van der Waals surface area contributed by atoms with Crippen molar-refractivity contribution in [1.82, 2.24) is 4.90 Å². The van der Waals surface area contributed by atoms with E-state index >= 15 is 0 Å². The molecule has 1 amide bonds. The molecule has 4 rings (SSSR count). The maximum Gasteiger partial charge on any atom is 0.302 e. The van der Waals surface area contributed by atoms with Gasteiger partial charge in [0.05, 0.1) is 19.8 Å². The van der Waals surface area contributed by atoms with Crippen molar-refractivity contribution in [3.8, 4) is 0 Å². The van der Waals surface area contributed by atoms with Crippen molar-refractivity contribution in [2.75, 3.05) is 26.1 Å². The van der Waals surface area contributed by atoms with Crippen molar-refractivity contribution in [3.05, 3.63) is 106 Å². The molecule has 0 bridgehead atoms. The summed E-state index contributed by atoms with van der Waals surface area (Å²) < 4.78 is 9.66. The van der Waals surface area contributed by atoms with Crippen LogP contribution >= 0.6 is 35.0 Å². The Kier molecular flexibility index (Phi) is 14.9. The van der Waals surface area contributed by atoms with Crippen LogP contribution in [0.2, 0.25) is 10.0 Å². The molecule has 0 saturated carbocycles. The van der Waals surface area contributed by atoms with Gasteiger partial charge in [0.2, 0.25) is 5.91 Å². The third-order valence-electron chi connectivity index (χ3n) is 5.69. The summed E-state index contributed by atoms with van der Waals surface area (Å²) in [4.78, 5) is 24.3. The first-order valence-corrected chi connectivity index (χ1v) is 14.3. The minimum atomic E-state index is -0.245. The monoisotopic (exact) mass is 575 g/mol. The molecule has 0 N–H and O–H groups in total. The molecule has 0 aromatic heterocycles. The van der Waals surface area contributed by atoms with Crippen LogP contribution in [0.4, 0.5) is 0 Å². The average Bonchev–Trinajstić information content (AvgIpc) is 2.93. The minimum absolute atomic E-state index is 0.0456. The van der Waals surface area contributed by atoms with Gasteiger partial charge in [-0.25, -0.2) is 0 Å². The number of benzene rings is 3. The number of nitrogens with zero attached hydrogens (tertiary/aromatic N) is 1. The number of carbonyl (C=O) groups is 2. The van der Waals surface area contributed by atoms with E-state index < -0.39 is 0 Å². The molecule has 38 heavy (non-hydrogen) atoms. The van der Waals surface area contributed by atoms with Crippen molar-refractivity contribution in [2.45, 2.75) is 38.1 Å². The molecule has 8 heteroatoms. The quantitative estimate of drug-likeness (QED) is 0.273. The molecule has 204 valence electrons. The molecule has 1 unspecified atom stereocenters. The summed E-state index contributed by atoms with van der Waals surface area (Å²) >= 11 is 13.4. The van der Waals surface area contributed by atoms with E-state index in [9.17, 15) is 9.59 Å². The highest BCUT2D eigenvalue weighted by molar-refractivity contribution is 7.98. The van der Waals surface area contributed by atoms with E-state index in [2.05, 4.69) is 35.9 Å². The number of esters is 1. The smallest absolute Gasteiger partial charge is 0.302 e. The Morgan fingerprint density at radius 1 is 1.00 bits per heavy atom. The Morgan fingerprint density at radius 3 is 2.05 bits per heavy atom. The van der Waals surface area contributed by atoms with Gasteiger partial charge in [-0.1, -0.05) is 90.8 Å². The molecule has 1 aliphatic rings. The van der Waals surface area contributed by atoms with Crippen LogP contribution in [-0.2, 0) is 24.8 Å². The lowest BCUT2D eigenvalue weighted by Crippen LogP contribution is -2.50. The Balaban J connectivity index is 0.000000348. The zero-order valence-electron chi connectivity index (χ0n) is 22.0. The van der Waals surface area contributed by atoms with Crippen LogP contribution < -0.4 is 0 Å². The van der Waals surface area contributed by atoms with Crippen LogP contribution in [0.1, 0.15) is 37.4 Å². The molecule has 2 atom stereocenters. The van der Waals surface area contributed by atoms with Crippen molar-refractivity contribution in [3.63, 3.8) is 0 Å². The largest absolute Gasteiger partial charge is 0.469 e. The van der Waals surface area contributed by atoms with E-state index in [1.807, 2.05) is 77.3 Å². The lowest BCUT2D eigenvalue weighted by Gasteiger charge is -2.41. The number of amides is 1. The fourth-order valence-electron chi connectivity index (χ4n) is 3.68. The van der Waals surface area contributed by atoms with Crippen molar-refractivity contribution in [1.29, 1.82) is 0 Å². The van der Waals surface area contributed by atoms with E-state index in [1.165, 1.54) is 19.6 Å². The molecule has 3 aromatic carbocycles. The summed E-state index contributed by atoms with van der Waals surface area (Å²) in [5.74, 6) is 1.70. The topological polar surface area (TPSA) is 55.8 Å². The molecule has 0 radical (unpaired) electrons. The third kappa shape index (κ3) is 11.5. The highest BCUT2D eigenvalue weighted by Gasteiger charge is 2.34. The lowest BCUT2D eigenvalue weighted by molar-refractivity contribution is -0.151. The van der Waals surface area contributed by atoms with Crippen molar-refractivity contribution >= 4 is 46.8 Å². The van der Waals surface area contributed by atoms with Gasteiger partial charge in [-0.05, 0) is 41.8 Å². The summed E-state index contributed by atoms with van der Waals surface area (Å²) in [5.41, 5.74) is 2.39. The normalized spacial score (nSPS) is 15.3. The van der Waals surface area contributed by atoms with Crippen molar-refractivity contribution in [2.24, 2.45) is 0 Å². The van der Waals surface area contributed by atoms with Crippen LogP contribution in [0.3, 0.4) is 0 Å².